The Morgan fingerprint density at radius 3 is 2.23 bits per heavy atom. The molecule has 1 aliphatic heterocycles. The number of carbonyl (C=O) groups is 1. The SMILES string of the molecule is CS(=O)(=O)N1CCN(c2ccccc2NC(=O)c2ccc(F)cc2)CC1. The molecule has 0 radical (unpaired) electrons. The lowest BCUT2D eigenvalue weighted by Crippen LogP contribution is -2.48. The first-order valence-electron chi connectivity index (χ1n) is 8.20. The molecule has 1 saturated heterocycles. The fourth-order valence-corrected chi connectivity index (χ4v) is 3.74. The Balaban J connectivity index is 1.75. The van der Waals surface area contributed by atoms with E-state index in [9.17, 15) is 17.6 Å². The van der Waals surface area contributed by atoms with Gasteiger partial charge in [0.05, 0.1) is 17.6 Å². The van der Waals surface area contributed by atoms with Gasteiger partial charge in [0.2, 0.25) is 10.0 Å². The Kier molecular flexibility index (Phi) is 5.24. The number of para-hydroxylation sites is 2. The third kappa shape index (κ3) is 4.20. The first-order valence-corrected chi connectivity index (χ1v) is 10.1. The zero-order valence-electron chi connectivity index (χ0n) is 14.4. The first kappa shape index (κ1) is 18.3. The number of rotatable bonds is 4. The van der Waals surface area contributed by atoms with Crippen molar-refractivity contribution in [3.05, 3.63) is 59.9 Å². The molecule has 0 atom stereocenters. The highest BCUT2D eigenvalue weighted by Gasteiger charge is 2.24. The van der Waals surface area contributed by atoms with E-state index in [0.717, 1.165) is 5.69 Å². The van der Waals surface area contributed by atoms with E-state index in [0.29, 0.717) is 37.4 Å². The number of nitrogens with zero attached hydrogens (tertiary/aromatic N) is 2. The predicted molar refractivity (Wildman–Crippen MR) is 99.4 cm³/mol. The normalized spacial score (nSPS) is 15.7. The molecule has 0 saturated carbocycles. The van der Waals surface area contributed by atoms with E-state index in [1.165, 1.54) is 34.8 Å². The van der Waals surface area contributed by atoms with Crippen LogP contribution < -0.4 is 10.2 Å². The molecule has 1 heterocycles. The lowest BCUT2D eigenvalue weighted by atomic mass is 10.2. The summed E-state index contributed by atoms with van der Waals surface area (Å²) in [6.07, 6.45) is 1.21. The van der Waals surface area contributed by atoms with Gasteiger partial charge in [-0.15, -0.1) is 0 Å². The maximum Gasteiger partial charge on any atom is 0.255 e. The number of carbonyl (C=O) groups excluding carboxylic acids is 1. The summed E-state index contributed by atoms with van der Waals surface area (Å²) in [5.41, 5.74) is 1.83. The standard InChI is InChI=1S/C18H20FN3O3S/c1-26(24,25)22-12-10-21(11-13-22)17-5-3-2-4-16(17)20-18(23)14-6-8-15(19)9-7-14/h2-9H,10-13H2,1H3,(H,20,23). The molecule has 1 aliphatic rings. The molecule has 2 aromatic rings. The van der Waals surface area contributed by atoms with E-state index in [1.54, 1.807) is 6.07 Å². The molecule has 2 aromatic carbocycles. The maximum absolute atomic E-state index is 13.0. The highest BCUT2D eigenvalue weighted by Crippen LogP contribution is 2.27. The Bertz CT molecular complexity index is 892. The summed E-state index contributed by atoms with van der Waals surface area (Å²) >= 11 is 0. The lowest BCUT2D eigenvalue weighted by molar-refractivity contribution is 0.102. The minimum Gasteiger partial charge on any atom is -0.367 e. The van der Waals surface area contributed by atoms with Crippen LogP contribution in [0.1, 0.15) is 10.4 Å². The molecular weight excluding hydrogens is 357 g/mol. The molecule has 0 aliphatic carbocycles. The number of halogens is 1. The second-order valence-electron chi connectivity index (χ2n) is 6.13. The molecule has 8 heteroatoms. The van der Waals surface area contributed by atoms with Crippen LogP contribution >= 0.6 is 0 Å². The van der Waals surface area contributed by atoms with Crippen molar-refractivity contribution in [1.29, 1.82) is 0 Å². The monoisotopic (exact) mass is 377 g/mol. The van der Waals surface area contributed by atoms with Crippen molar-refractivity contribution >= 4 is 27.3 Å². The minimum atomic E-state index is -3.19. The van der Waals surface area contributed by atoms with Crippen molar-refractivity contribution in [1.82, 2.24) is 4.31 Å². The fourth-order valence-electron chi connectivity index (χ4n) is 2.91. The van der Waals surface area contributed by atoms with E-state index >= 15 is 0 Å². The van der Waals surface area contributed by atoms with Crippen LogP contribution in [-0.2, 0) is 10.0 Å². The van der Waals surface area contributed by atoms with Crippen molar-refractivity contribution in [3.8, 4) is 0 Å². The van der Waals surface area contributed by atoms with Gasteiger partial charge in [-0.3, -0.25) is 4.79 Å². The Morgan fingerprint density at radius 1 is 1.00 bits per heavy atom. The number of benzene rings is 2. The smallest absolute Gasteiger partial charge is 0.255 e. The molecule has 26 heavy (non-hydrogen) atoms. The second kappa shape index (κ2) is 7.43. The molecule has 1 fully saturated rings. The van der Waals surface area contributed by atoms with Crippen LogP contribution in [0.25, 0.3) is 0 Å². The number of sulfonamides is 1. The predicted octanol–water partition coefficient (Wildman–Crippen LogP) is 2.16. The van der Waals surface area contributed by atoms with Gasteiger partial charge < -0.3 is 10.2 Å². The van der Waals surface area contributed by atoms with Crippen LogP contribution in [0.5, 0.6) is 0 Å². The first-order chi connectivity index (χ1) is 12.3. The Hall–Kier alpha value is -2.45. The van der Waals surface area contributed by atoms with Gasteiger partial charge in [-0.05, 0) is 36.4 Å². The molecule has 1 amide bonds. The highest BCUT2D eigenvalue weighted by atomic mass is 32.2. The number of hydrogen-bond donors (Lipinski definition) is 1. The summed E-state index contributed by atoms with van der Waals surface area (Å²) < 4.78 is 37.8. The third-order valence-corrected chi connectivity index (χ3v) is 5.61. The van der Waals surface area contributed by atoms with Crippen LogP contribution in [-0.4, -0.2) is 51.1 Å². The van der Waals surface area contributed by atoms with Gasteiger partial charge >= 0.3 is 0 Å². The summed E-state index contributed by atoms with van der Waals surface area (Å²) in [5.74, 6) is -0.724. The van der Waals surface area contributed by atoms with Crippen LogP contribution in [0, 0.1) is 5.82 Å². The lowest BCUT2D eigenvalue weighted by Gasteiger charge is -2.35. The summed E-state index contributed by atoms with van der Waals surface area (Å²) in [7, 11) is -3.19. The van der Waals surface area contributed by atoms with E-state index in [1.807, 2.05) is 23.1 Å². The van der Waals surface area contributed by atoms with Crippen LogP contribution in [0.4, 0.5) is 15.8 Å². The summed E-state index contributed by atoms with van der Waals surface area (Å²) in [4.78, 5) is 14.4. The largest absolute Gasteiger partial charge is 0.367 e. The average molecular weight is 377 g/mol. The van der Waals surface area contributed by atoms with Crippen molar-refractivity contribution in [2.24, 2.45) is 0 Å². The van der Waals surface area contributed by atoms with Crippen LogP contribution in [0.15, 0.2) is 48.5 Å². The zero-order chi connectivity index (χ0) is 18.7. The number of piperazine rings is 1. The molecule has 6 nitrogen and oxygen atoms in total. The quantitative estimate of drug-likeness (QED) is 0.887. The number of hydrogen-bond acceptors (Lipinski definition) is 4. The van der Waals surface area contributed by atoms with Crippen LogP contribution in [0.3, 0.4) is 0 Å². The molecule has 1 N–H and O–H groups in total. The molecular formula is C18H20FN3O3S. The van der Waals surface area contributed by atoms with Crippen molar-refractivity contribution in [2.45, 2.75) is 0 Å². The highest BCUT2D eigenvalue weighted by molar-refractivity contribution is 7.88. The van der Waals surface area contributed by atoms with Gasteiger partial charge in [0.1, 0.15) is 5.82 Å². The number of amides is 1. The van der Waals surface area contributed by atoms with Gasteiger partial charge in [0.15, 0.2) is 0 Å². The minimum absolute atomic E-state index is 0.327. The van der Waals surface area contributed by atoms with Crippen molar-refractivity contribution < 1.29 is 17.6 Å². The van der Waals surface area contributed by atoms with Gasteiger partial charge in [0.25, 0.3) is 5.91 Å². The molecule has 3 rings (SSSR count). The topological polar surface area (TPSA) is 69.7 Å². The van der Waals surface area contributed by atoms with E-state index < -0.39 is 15.8 Å². The second-order valence-corrected chi connectivity index (χ2v) is 8.11. The van der Waals surface area contributed by atoms with E-state index in [-0.39, 0.29) is 5.91 Å². The molecule has 138 valence electrons. The van der Waals surface area contributed by atoms with Crippen molar-refractivity contribution in [2.75, 3.05) is 42.7 Å². The van der Waals surface area contributed by atoms with E-state index in [2.05, 4.69) is 5.32 Å². The Labute approximate surface area is 152 Å². The molecule has 0 unspecified atom stereocenters. The van der Waals surface area contributed by atoms with Gasteiger partial charge in [-0.1, -0.05) is 12.1 Å². The fraction of sp³-hybridized carbons (Fsp3) is 0.278. The Morgan fingerprint density at radius 2 is 1.62 bits per heavy atom. The zero-order valence-corrected chi connectivity index (χ0v) is 15.2. The maximum atomic E-state index is 13.0. The summed E-state index contributed by atoms with van der Waals surface area (Å²) in [6.45, 7) is 1.88. The third-order valence-electron chi connectivity index (χ3n) is 4.31. The van der Waals surface area contributed by atoms with Gasteiger partial charge in [-0.2, -0.15) is 4.31 Å². The van der Waals surface area contributed by atoms with Gasteiger partial charge in [0, 0.05) is 31.7 Å². The molecule has 0 bridgehead atoms. The number of anilines is 2. The summed E-state index contributed by atoms with van der Waals surface area (Å²) in [5, 5.41) is 2.85. The van der Waals surface area contributed by atoms with E-state index in [4.69, 9.17) is 0 Å². The molecule has 0 spiro atoms. The van der Waals surface area contributed by atoms with Crippen molar-refractivity contribution in [3.63, 3.8) is 0 Å². The van der Waals surface area contributed by atoms with Gasteiger partial charge in [-0.25, -0.2) is 12.8 Å². The van der Waals surface area contributed by atoms with Crippen LogP contribution in [0.2, 0.25) is 0 Å². The average Bonchev–Trinajstić information content (AvgIpc) is 2.62. The molecule has 0 aromatic heterocycles. The number of nitrogens with one attached hydrogen (secondary N) is 1. The summed E-state index contributed by atoms with van der Waals surface area (Å²) in [6, 6.07) is 12.7.